The van der Waals surface area contributed by atoms with Crippen molar-refractivity contribution >= 4 is 23.8 Å². The zero-order chi connectivity index (χ0) is 23.8. The summed E-state index contributed by atoms with van der Waals surface area (Å²) in [5.41, 5.74) is -0.213. The summed E-state index contributed by atoms with van der Waals surface area (Å²) in [6.07, 6.45) is 3.17. The lowest BCUT2D eigenvalue weighted by atomic mass is 9.86. The minimum atomic E-state index is -0.925. The first-order chi connectivity index (χ1) is 15.7. The summed E-state index contributed by atoms with van der Waals surface area (Å²) in [6.45, 7) is 6.08. The van der Waals surface area contributed by atoms with Crippen LogP contribution in [0.25, 0.3) is 0 Å². The second-order valence-corrected chi connectivity index (χ2v) is 10.1. The number of nitrogens with one attached hydrogen (secondary N) is 1. The van der Waals surface area contributed by atoms with Crippen molar-refractivity contribution < 1.29 is 23.8 Å². The molecule has 2 aromatic carbocycles. The van der Waals surface area contributed by atoms with Crippen molar-refractivity contribution in [1.29, 1.82) is 0 Å². The van der Waals surface area contributed by atoms with Crippen LogP contribution in [0, 0.1) is 11.2 Å². The molecule has 0 unspecified atom stereocenters. The van der Waals surface area contributed by atoms with Crippen LogP contribution >= 0.6 is 11.9 Å². The molecule has 0 bridgehead atoms. The summed E-state index contributed by atoms with van der Waals surface area (Å²) in [6, 6.07) is 13.0. The number of carbonyl (C=O) groups excluding carboxylic acids is 1. The fourth-order valence-electron chi connectivity index (χ4n) is 3.63. The first-order valence-electron chi connectivity index (χ1n) is 11.2. The number of hydrogen-bond donors (Lipinski definition) is 2. The predicted octanol–water partition coefficient (Wildman–Crippen LogP) is 5.00. The third-order valence-electron chi connectivity index (χ3n) is 5.77. The molecule has 178 valence electrons. The van der Waals surface area contributed by atoms with Gasteiger partial charge in [0.15, 0.2) is 0 Å². The number of carbonyl (C=O) groups is 2. The molecule has 2 aromatic rings. The maximum atomic E-state index is 12.9. The Morgan fingerprint density at radius 3 is 2.36 bits per heavy atom. The maximum Gasteiger partial charge on any atom is 0.335 e. The molecule has 0 atom stereocenters. The Balaban J connectivity index is 1.36. The maximum absolute atomic E-state index is 12.9. The fourth-order valence-corrected chi connectivity index (χ4v) is 4.58. The molecule has 0 aromatic heterocycles. The molecule has 8 heteroatoms. The zero-order valence-electron chi connectivity index (χ0n) is 19.1. The number of hydrogen-bond acceptors (Lipinski definition) is 5. The van der Waals surface area contributed by atoms with Crippen molar-refractivity contribution in [3.8, 4) is 5.75 Å². The van der Waals surface area contributed by atoms with E-state index in [2.05, 4.69) is 9.62 Å². The van der Waals surface area contributed by atoms with Gasteiger partial charge in [0.1, 0.15) is 11.6 Å². The van der Waals surface area contributed by atoms with Gasteiger partial charge >= 0.3 is 5.97 Å². The van der Waals surface area contributed by atoms with Gasteiger partial charge in [-0.2, -0.15) is 0 Å². The molecular weight excluding hydrogens is 443 g/mol. The van der Waals surface area contributed by atoms with E-state index in [1.54, 1.807) is 36.2 Å². The average molecular weight is 475 g/mol. The Morgan fingerprint density at radius 2 is 1.76 bits per heavy atom. The topological polar surface area (TPSA) is 78.9 Å². The number of nitrogens with zero attached hydrogens (tertiary/aromatic N) is 1. The monoisotopic (exact) mass is 474 g/mol. The van der Waals surface area contributed by atoms with Gasteiger partial charge < -0.3 is 15.2 Å². The highest BCUT2D eigenvalue weighted by molar-refractivity contribution is 7.97. The van der Waals surface area contributed by atoms with E-state index in [-0.39, 0.29) is 23.3 Å². The van der Waals surface area contributed by atoms with Crippen LogP contribution in [0.5, 0.6) is 5.75 Å². The van der Waals surface area contributed by atoms with Gasteiger partial charge in [-0.15, -0.1) is 0 Å². The lowest BCUT2D eigenvalue weighted by Crippen LogP contribution is -2.47. The summed E-state index contributed by atoms with van der Waals surface area (Å²) in [7, 11) is 0. The van der Waals surface area contributed by atoms with Crippen LogP contribution in [-0.2, 0) is 4.79 Å². The summed E-state index contributed by atoms with van der Waals surface area (Å²) in [5.74, 6) is -0.536. The van der Waals surface area contributed by atoms with Gasteiger partial charge in [-0.1, -0.05) is 13.8 Å². The van der Waals surface area contributed by atoms with E-state index in [9.17, 15) is 14.0 Å². The van der Waals surface area contributed by atoms with Gasteiger partial charge in [0, 0.05) is 29.4 Å². The van der Waals surface area contributed by atoms with E-state index in [1.807, 2.05) is 26.0 Å². The lowest BCUT2D eigenvalue weighted by Gasteiger charge is -2.33. The Labute approximate surface area is 198 Å². The van der Waals surface area contributed by atoms with Gasteiger partial charge in [-0.3, -0.25) is 4.79 Å². The van der Waals surface area contributed by atoms with E-state index in [4.69, 9.17) is 9.84 Å². The van der Waals surface area contributed by atoms with Gasteiger partial charge in [-0.05, 0) is 86.2 Å². The minimum Gasteiger partial charge on any atom is -0.494 e. The highest BCUT2D eigenvalue weighted by Gasteiger charge is 2.30. The van der Waals surface area contributed by atoms with E-state index in [0.29, 0.717) is 18.8 Å². The number of carboxylic acids is 1. The second kappa shape index (κ2) is 11.5. The molecule has 0 saturated carbocycles. The Morgan fingerprint density at radius 1 is 1.12 bits per heavy atom. The summed E-state index contributed by atoms with van der Waals surface area (Å²) in [4.78, 5) is 24.8. The molecule has 0 spiro atoms. The molecule has 1 fully saturated rings. The second-order valence-electron chi connectivity index (χ2n) is 8.89. The highest BCUT2D eigenvalue weighted by atomic mass is 32.2. The number of halogens is 1. The van der Waals surface area contributed by atoms with Crippen LogP contribution in [-0.4, -0.2) is 47.0 Å². The molecule has 1 aliphatic rings. The van der Waals surface area contributed by atoms with Crippen LogP contribution in [0.3, 0.4) is 0 Å². The number of benzene rings is 2. The molecule has 3 rings (SSSR count). The van der Waals surface area contributed by atoms with Crippen LogP contribution in [0.1, 0.15) is 49.9 Å². The standard InChI is InChI=1S/C25H31FN2O4S/c1-25(2,14-3-17-32-21-8-6-19(26)7-9-21)24(31)27-20-12-15-28(16-13-20)33-22-10-4-18(5-11-22)23(29)30/h4-11,20H,3,12-17H2,1-2H3,(H,27,31)(H,29,30). The van der Waals surface area contributed by atoms with Gasteiger partial charge in [0.2, 0.25) is 5.91 Å². The molecule has 6 nitrogen and oxygen atoms in total. The summed E-state index contributed by atoms with van der Waals surface area (Å²) >= 11 is 1.62. The number of aromatic carboxylic acids is 1. The molecule has 1 amide bonds. The SMILES string of the molecule is CC(C)(CCCOc1ccc(F)cc1)C(=O)NC1CCN(Sc2ccc(C(=O)O)cc2)CC1. The van der Waals surface area contributed by atoms with E-state index < -0.39 is 11.4 Å². The minimum absolute atomic E-state index is 0.0552. The number of amides is 1. The fraction of sp³-hybridized carbons (Fsp3) is 0.440. The molecule has 0 radical (unpaired) electrons. The quantitative estimate of drug-likeness (QED) is 0.373. The summed E-state index contributed by atoms with van der Waals surface area (Å²) < 4.78 is 20.8. The van der Waals surface area contributed by atoms with Crippen molar-refractivity contribution in [3.05, 3.63) is 59.9 Å². The Bertz CT molecular complexity index is 926. The molecule has 1 saturated heterocycles. The van der Waals surface area contributed by atoms with Crippen molar-refractivity contribution in [2.75, 3.05) is 19.7 Å². The van der Waals surface area contributed by atoms with Crippen molar-refractivity contribution in [3.63, 3.8) is 0 Å². The molecule has 0 aliphatic carbocycles. The largest absolute Gasteiger partial charge is 0.494 e. The van der Waals surface area contributed by atoms with Crippen molar-refractivity contribution in [2.24, 2.45) is 5.41 Å². The number of rotatable bonds is 10. The van der Waals surface area contributed by atoms with Gasteiger partial charge in [0.25, 0.3) is 0 Å². The molecular formula is C25H31FN2O4S. The third kappa shape index (κ3) is 7.75. The van der Waals surface area contributed by atoms with Crippen molar-refractivity contribution in [2.45, 2.75) is 50.5 Å². The van der Waals surface area contributed by atoms with Crippen LogP contribution in [0.2, 0.25) is 0 Å². The molecule has 1 aliphatic heterocycles. The highest BCUT2D eigenvalue weighted by Crippen LogP contribution is 2.28. The normalized spacial score (nSPS) is 15.2. The molecule has 2 N–H and O–H groups in total. The smallest absolute Gasteiger partial charge is 0.335 e. The van der Waals surface area contributed by atoms with Crippen LogP contribution in [0.15, 0.2) is 53.4 Å². The van der Waals surface area contributed by atoms with Gasteiger partial charge in [0.05, 0.1) is 12.2 Å². The Hall–Kier alpha value is -2.58. The zero-order valence-corrected chi connectivity index (χ0v) is 19.9. The van der Waals surface area contributed by atoms with E-state index in [0.717, 1.165) is 37.2 Å². The average Bonchev–Trinajstić information content (AvgIpc) is 2.79. The van der Waals surface area contributed by atoms with Crippen molar-refractivity contribution in [1.82, 2.24) is 9.62 Å². The molecule has 33 heavy (non-hydrogen) atoms. The first-order valence-corrected chi connectivity index (χ1v) is 12.0. The number of piperidine rings is 1. The van der Waals surface area contributed by atoms with E-state index in [1.165, 1.54) is 12.1 Å². The van der Waals surface area contributed by atoms with Crippen LogP contribution in [0.4, 0.5) is 4.39 Å². The van der Waals surface area contributed by atoms with E-state index >= 15 is 0 Å². The number of carboxylic acid groups (broad SMARTS) is 1. The predicted molar refractivity (Wildman–Crippen MR) is 127 cm³/mol. The summed E-state index contributed by atoms with van der Waals surface area (Å²) in [5, 5.41) is 12.2. The Kier molecular flexibility index (Phi) is 8.74. The van der Waals surface area contributed by atoms with Crippen LogP contribution < -0.4 is 10.1 Å². The van der Waals surface area contributed by atoms with Gasteiger partial charge in [-0.25, -0.2) is 13.5 Å². The lowest BCUT2D eigenvalue weighted by molar-refractivity contribution is -0.130. The first kappa shape index (κ1) is 25.1. The third-order valence-corrected chi connectivity index (χ3v) is 6.87. The number of ether oxygens (including phenoxy) is 1. The molecule has 1 heterocycles.